The third-order valence-electron chi connectivity index (χ3n) is 0.544. The van der Waals surface area contributed by atoms with Crippen molar-refractivity contribution in [1.29, 1.82) is 0 Å². The second kappa shape index (κ2) is 3.08. The van der Waals surface area contributed by atoms with Gasteiger partial charge in [0.25, 0.3) is 0 Å². The Labute approximate surface area is 36.4 Å². The molecule has 3 nitrogen and oxygen atoms in total. The van der Waals surface area contributed by atoms with Gasteiger partial charge in [0.15, 0.2) is 0 Å². The number of hydrogen-bond acceptors (Lipinski definition) is 2. The first kappa shape index (κ1) is 5.88. The minimum atomic E-state index is -0.620. The molecule has 0 rings (SSSR count). The van der Waals surface area contributed by atoms with Crippen LogP contribution in [0.3, 0.4) is 0 Å². The van der Waals surface area contributed by atoms with E-state index in [0.29, 0.717) is 6.54 Å². The van der Waals surface area contributed by atoms with Crippen molar-refractivity contribution in [2.75, 3.05) is 13.2 Å². The van der Waals surface area contributed by atoms with Gasteiger partial charge in [-0.05, 0) is 0 Å². The number of quaternary nitrogens is 1. The zero-order chi connectivity index (χ0) is 4.99. The van der Waals surface area contributed by atoms with Gasteiger partial charge in [-0.15, -0.1) is 0 Å². The summed E-state index contributed by atoms with van der Waals surface area (Å²) in [6, 6.07) is 0. The Hall–Kier alpha value is -0.120. The summed E-state index contributed by atoms with van der Waals surface area (Å²) in [5.74, 6) is 0. The van der Waals surface area contributed by atoms with Crippen molar-refractivity contribution in [3.8, 4) is 0 Å². The standard InChI is InChI=1S/C3H9NO2/c4-1-3(6)2-5/h3,5-6H,1-2,4H2/p+1/t3-/m1/s1. The van der Waals surface area contributed by atoms with Gasteiger partial charge in [-0.2, -0.15) is 0 Å². The fourth-order valence-electron chi connectivity index (χ4n) is 0.0913. The molecule has 0 aromatic rings. The maximum atomic E-state index is 8.35. The molecule has 0 aliphatic carbocycles. The topological polar surface area (TPSA) is 68.1 Å². The Morgan fingerprint density at radius 2 is 2.17 bits per heavy atom. The van der Waals surface area contributed by atoms with Gasteiger partial charge in [0.1, 0.15) is 12.6 Å². The maximum absolute atomic E-state index is 8.35. The molecule has 0 amide bonds. The molecule has 6 heavy (non-hydrogen) atoms. The minimum Gasteiger partial charge on any atom is -0.393 e. The van der Waals surface area contributed by atoms with Gasteiger partial charge in [0, 0.05) is 0 Å². The molecule has 0 aromatic carbocycles. The summed E-state index contributed by atoms with van der Waals surface area (Å²) in [6.07, 6.45) is -0.620. The molecule has 0 bridgehead atoms. The van der Waals surface area contributed by atoms with Crippen molar-refractivity contribution in [3.63, 3.8) is 0 Å². The summed E-state index contributed by atoms with van der Waals surface area (Å²) in [4.78, 5) is 0. The van der Waals surface area contributed by atoms with Crippen LogP contribution in [0.5, 0.6) is 0 Å². The van der Waals surface area contributed by atoms with Crippen molar-refractivity contribution in [3.05, 3.63) is 0 Å². The van der Waals surface area contributed by atoms with Gasteiger partial charge >= 0.3 is 0 Å². The molecule has 0 radical (unpaired) electrons. The molecule has 0 fully saturated rings. The van der Waals surface area contributed by atoms with E-state index in [4.69, 9.17) is 10.2 Å². The van der Waals surface area contributed by atoms with Gasteiger partial charge in [-0.3, -0.25) is 0 Å². The molecule has 0 saturated heterocycles. The van der Waals surface area contributed by atoms with Crippen LogP contribution in [0.15, 0.2) is 0 Å². The highest BCUT2D eigenvalue weighted by Gasteiger charge is 1.95. The van der Waals surface area contributed by atoms with E-state index in [1.807, 2.05) is 0 Å². The first-order chi connectivity index (χ1) is 2.81. The van der Waals surface area contributed by atoms with Crippen LogP contribution in [-0.4, -0.2) is 29.5 Å². The zero-order valence-electron chi connectivity index (χ0n) is 3.59. The van der Waals surface area contributed by atoms with Crippen molar-refractivity contribution < 1.29 is 15.9 Å². The Kier molecular flexibility index (Phi) is 3.02. The predicted molar refractivity (Wildman–Crippen MR) is 20.8 cm³/mol. The van der Waals surface area contributed by atoms with Crippen LogP contribution in [0.2, 0.25) is 0 Å². The highest BCUT2D eigenvalue weighted by molar-refractivity contribution is 4.42. The Morgan fingerprint density at radius 1 is 1.67 bits per heavy atom. The van der Waals surface area contributed by atoms with E-state index < -0.39 is 6.10 Å². The van der Waals surface area contributed by atoms with Gasteiger partial charge in [-0.1, -0.05) is 0 Å². The third kappa shape index (κ3) is 2.14. The van der Waals surface area contributed by atoms with E-state index in [1.165, 1.54) is 0 Å². The lowest BCUT2D eigenvalue weighted by Crippen LogP contribution is -2.56. The fraction of sp³-hybridized carbons (Fsp3) is 1.00. The molecule has 3 heteroatoms. The predicted octanol–water partition coefficient (Wildman–Crippen LogP) is -2.42. The Balaban J connectivity index is 2.75. The molecule has 0 saturated carbocycles. The van der Waals surface area contributed by atoms with Crippen molar-refractivity contribution in [1.82, 2.24) is 0 Å². The SMILES string of the molecule is [NH3+]C[C@@H](O)CO. The summed E-state index contributed by atoms with van der Waals surface area (Å²) in [7, 11) is 0. The van der Waals surface area contributed by atoms with E-state index in [9.17, 15) is 0 Å². The second-order valence-corrected chi connectivity index (χ2v) is 1.13. The molecular formula is C3H10NO2+. The minimum absolute atomic E-state index is 0.177. The average Bonchev–Trinajstić information content (AvgIpc) is 1.65. The molecule has 0 unspecified atom stereocenters. The highest BCUT2D eigenvalue weighted by Crippen LogP contribution is 1.67. The number of hydrogen-bond donors (Lipinski definition) is 3. The van der Waals surface area contributed by atoms with Gasteiger partial charge in [-0.25, -0.2) is 0 Å². The summed E-state index contributed by atoms with van der Waals surface area (Å²) in [5.41, 5.74) is 3.35. The zero-order valence-corrected chi connectivity index (χ0v) is 3.59. The number of aliphatic hydroxyl groups is 2. The smallest absolute Gasteiger partial charge is 0.126 e. The van der Waals surface area contributed by atoms with E-state index in [0.717, 1.165) is 0 Å². The van der Waals surface area contributed by atoms with E-state index in [-0.39, 0.29) is 6.61 Å². The molecule has 0 aliphatic heterocycles. The largest absolute Gasteiger partial charge is 0.393 e. The first-order valence-corrected chi connectivity index (χ1v) is 1.89. The average molecular weight is 92.1 g/mol. The number of aliphatic hydroxyl groups excluding tert-OH is 2. The molecule has 38 valence electrons. The first-order valence-electron chi connectivity index (χ1n) is 1.89. The van der Waals surface area contributed by atoms with Gasteiger partial charge in [0.2, 0.25) is 0 Å². The molecule has 0 aliphatic rings. The lowest BCUT2D eigenvalue weighted by molar-refractivity contribution is -0.385. The van der Waals surface area contributed by atoms with Gasteiger partial charge in [0.05, 0.1) is 6.61 Å². The van der Waals surface area contributed by atoms with E-state index in [2.05, 4.69) is 5.73 Å². The van der Waals surface area contributed by atoms with Crippen LogP contribution in [0.1, 0.15) is 0 Å². The summed E-state index contributed by atoms with van der Waals surface area (Å²) < 4.78 is 0. The van der Waals surface area contributed by atoms with E-state index >= 15 is 0 Å². The normalized spacial score (nSPS) is 14.5. The molecule has 5 N–H and O–H groups in total. The quantitative estimate of drug-likeness (QED) is 0.355. The third-order valence-corrected chi connectivity index (χ3v) is 0.544. The van der Waals surface area contributed by atoms with Crippen LogP contribution in [-0.2, 0) is 0 Å². The molecule has 0 spiro atoms. The summed E-state index contributed by atoms with van der Waals surface area (Å²) in [5, 5.41) is 16.4. The lowest BCUT2D eigenvalue weighted by Gasteiger charge is -1.94. The Morgan fingerprint density at radius 3 is 2.17 bits per heavy atom. The van der Waals surface area contributed by atoms with Crippen LogP contribution in [0.4, 0.5) is 0 Å². The monoisotopic (exact) mass is 92.1 g/mol. The van der Waals surface area contributed by atoms with Gasteiger partial charge < -0.3 is 15.9 Å². The fourth-order valence-corrected chi connectivity index (χ4v) is 0.0913. The van der Waals surface area contributed by atoms with Crippen molar-refractivity contribution in [2.24, 2.45) is 0 Å². The van der Waals surface area contributed by atoms with Crippen molar-refractivity contribution >= 4 is 0 Å². The molecule has 0 aromatic heterocycles. The highest BCUT2D eigenvalue weighted by atomic mass is 16.3. The van der Waals surface area contributed by atoms with Crippen LogP contribution >= 0.6 is 0 Å². The Bertz CT molecular complexity index is 28.0. The molecule has 1 atom stereocenters. The van der Waals surface area contributed by atoms with Crippen LogP contribution in [0, 0.1) is 0 Å². The van der Waals surface area contributed by atoms with Crippen LogP contribution < -0.4 is 5.73 Å². The maximum Gasteiger partial charge on any atom is 0.126 e. The van der Waals surface area contributed by atoms with Crippen LogP contribution in [0.25, 0.3) is 0 Å². The second-order valence-electron chi connectivity index (χ2n) is 1.13. The molecule has 0 heterocycles. The lowest BCUT2D eigenvalue weighted by atomic mass is 10.4. The van der Waals surface area contributed by atoms with E-state index in [1.54, 1.807) is 0 Å². The number of rotatable bonds is 2. The molecular weight excluding hydrogens is 82.0 g/mol. The summed E-state index contributed by atoms with van der Waals surface area (Å²) in [6.45, 7) is 0.208. The van der Waals surface area contributed by atoms with Crippen molar-refractivity contribution in [2.45, 2.75) is 6.10 Å². The summed E-state index contributed by atoms with van der Waals surface area (Å²) >= 11 is 0.